The molecule has 1 aliphatic carbocycles. The SMILES string of the molecule is COC(=O)c1ccc(C2NC(=S)N(C3CC3)C(C)=C2C(=O)Nc2ccccc2)cc1. The summed E-state index contributed by atoms with van der Waals surface area (Å²) in [6.07, 6.45) is 2.12. The van der Waals surface area contributed by atoms with E-state index in [1.165, 1.54) is 7.11 Å². The van der Waals surface area contributed by atoms with Gasteiger partial charge in [0.05, 0.1) is 24.3 Å². The Morgan fingerprint density at radius 2 is 1.77 bits per heavy atom. The molecule has 1 atom stereocenters. The number of hydrogen-bond acceptors (Lipinski definition) is 4. The molecule has 0 aromatic heterocycles. The largest absolute Gasteiger partial charge is 0.465 e. The van der Waals surface area contributed by atoms with E-state index in [1.54, 1.807) is 12.1 Å². The van der Waals surface area contributed by atoms with Crippen molar-refractivity contribution in [1.82, 2.24) is 10.2 Å². The van der Waals surface area contributed by atoms with Crippen LogP contribution >= 0.6 is 12.2 Å². The number of thiocarbonyl (C=S) groups is 1. The molecule has 6 nitrogen and oxygen atoms in total. The van der Waals surface area contributed by atoms with Crippen molar-refractivity contribution in [2.24, 2.45) is 0 Å². The van der Waals surface area contributed by atoms with Gasteiger partial charge in [0.15, 0.2) is 5.11 Å². The van der Waals surface area contributed by atoms with Gasteiger partial charge >= 0.3 is 5.97 Å². The molecule has 0 spiro atoms. The predicted octanol–water partition coefficient (Wildman–Crippen LogP) is 3.78. The van der Waals surface area contributed by atoms with Crippen molar-refractivity contribution in [3.8, 4) is 0 Å². The number of nitrogens with zero attached hydrogens (tertiary/aromatic N) is 1. The van der Waals surface area contributed by atoms with Crippen molar-refractivity contribution in [3.05, 3.63) is 77.0 Å². The molecule has 1 saturated carbocycles. The van der Waals surface area contributed by atoms with Gasteiger partial charge in [-0.2, -0.15) is 0 Å². The summed E-state index contributed by atoms with van der Waals surface area (Å²) in [6.45, 7) is 1.95. The number of hydrogen-bond donors (Lipinski definition) is 2. The van der Waals surface area contributed by atoms with Gasteiger partial charge in [-0.15, -0.1) is 0 Å². The zero-order valence-electron chi connectivity index (χ0n) is 16.8. The van der Waals surface area contributed by atoms with E-state index in [-0.39, 0.29) is 5.91 Å². The molecule has 2 aromatic carbocycles. The Hall–Kier alpha value is -3.19. The lowest BCUT2D eigenvalue weighted by atomic mass is 9.93. The zero-order valence-corrected chi connectivity index (χ0v) is 17.7. The summed E-state index contributed by atoms with van der Waals surface area (Å²) in [5.41, 5.74) is 3.50. The van der Waals surface area contributed by atoms with Crippen LogP contribution < -0.4 is 10.6 Å². The van der Waals surface area contributed by atoms with Gasteiger partial charge in [0.1, 0.15) is 0 Å². The zero-order chi connectivity index (χ0) is 21.3. The Labute approximate surface area is 180 Å². The maximum Gasteiger partial charge on any atom is 0.337 e. The standard InChI is InChI=1S/C23H23N3O3S/c1-14-19(21(27)24-17-6-4-3-5-7-17)20(25-23(30)26(14)18-12-13-18)15-8-10-16(11-9-15)22(28)29-2/h3-11,18,20H,12-13H2,1-2H3,(H,24,27)(H,25,30). The van der Waals surface area contributed by atoms with Gasteiger partial charge in [0.25, 0.3) is 5.91 Å². The van der Waals surface area contributed by atoms with Crippen LogP contribution in [0.25, 0.3) is 0 Å². The lowest BCUT2D eigenvalue weighted by molar-refractivity contribution is -0.113. The Kier molecular flexibility index (Phi) is 5.55. The molecule has 1 amide bonds. The maximum absolute atomic E-state index is 13.3. The number of anilines is 1. The fourth-order valence-electron chi connectivity index (χ4n) is 3.72. The molecule has 2 aliphatic rings. The van der Waals surface area contributed by atoms with Crippen molar-refractivity contribution in [1.29, 1.82) is 0 Å². The normalized spacial score (nSPS) is 18.7. The van der Waals surface area contributed by atoms with Crippen LogP contribution in [0.2, 0.25) is 0 Å². The summed E-state index contributed by atoms with van der Waals surface area (Å²) in [6, 6.07) is 16.3. The first-order valence-corrected chi connectivity index (χ1v) is 10.3. The lowest BCUT2D eigenvalue weighted by Gasteiger charge is -2.38. The van der Waals surface area contributed by atoms with Crippen LogP contribution in [0.5, 0.6) is 0 Å². The van der Waals surface area contributed by atoms with E-state index < -0.39 is 12.0 Å². The number of ether oxygens (including phenoxy) is 1. The van der Waals surface area contributed by atoms with Gasteiger partial charge in [0.2, 0.25) is 0 Å². The summed E-state index contributed by atoms with van der Waals surface area (Å²) < 4.78 is 4.77. The number of allylic oxidation sites excluding steroid dienone is 1. The van der Waals surface area contributed by atoms with Crippen LogP contribution in [-0.4, -0.2) is 35.0 Å². The van der Waals surface area contributed by atoms with Gasteiger partial charge in [-0.3, -0.25) is 4.79 Å². The molecule has 0 radical (unpaired) electrons. The number of rotatable bonds is 5. The average Bonchev–Trinajstić information content (AvgIpc) is 3.58. The van der Waals surface area contributed by atoms with Crippen LogP contribution in [0, 0.1) is 0 Å². The van der Waals surface area contributed by atoms with Crippen LogP contribution in [0.15, 0.2) is 65.9 Å². The van der Waals surface area contributed by atoms with Gasteiger partial charge in [-0.1, -0.05) is 30.3 Å². The molecular weight excluding hydrogens is 398 g/mol. The number of benzene rings is 2. The van der Waals surface area contributed by atoms with E-state index in [2.05, 4.69) is 15.5 Å². The number of nitrogens with one attached hydrogen (secondary N) is 2. The Morgan fingerprint density at radius 3 is 2.37 bits per heavy atom. The van der Waals surface area contributed by atoms with E-state index in [0.717, 1.165) is 29.8 Å². The van der Waals surface area contributed by atoms with Crippen molar-refractivity contribution in [2.75, 3.05) is 12.4 Å². The first-order chi connectivity index (χ1) is 14.5. The third kappa shape index (κ3) is 3.93. The number of esters is 1. The summed E-state index contributed by atoms with van der Waals surface area (Å²) in [5, 5.41) is 6.95. The van der Waals surface area contributed by atoms with E-state index in [1.807, 2.05) is 49.4 Å². The molecule has 0 saturated heterocycles. The average molecular weight is 422 g/mol. The van der Waals surface area contributed by atoms with E-state index >= 15 is 0 Å². The minimum Gasteiger partial charge on any atom is -0.465 e. The Balaban J connectivity index is 1.71. The van der Waals surface area contributed by atoms with Crippen LogP contribution in [0.4, 0.5) is 5.69 Å². The second kappa shape index (κ2) is 8.28. The molecular formula is C23H23N3O3S. The Bertz CT molecular complexity index is 1010. The van der Waals surface area contributed by atoms with E-state index in [9.17, 15) is 9.59 Å². The van der Waals surface area contributed by atoms with Crippen LogP contribution in [0.1, 0.15) is 41.7 Å². The predicted molar refractivity (Wildman–Crippen MR) is 119 cm³/mol. The molecule has 2 N–H and O–H groups in total. The lowest BCUT2D eigenvalue weighted by Crippen LogP contribution is -2.49. The van der Waals surface area contributed by atoms with E-state index in [4.69, 9.17) is 17.0 Å². The summed E-state index contributed by atoms with van der Waals surface area (Å²) >= 11 is 5.63. The molecule has 4 rings (SSSR count). The van der Waals surface area contributed by atoms with Crippen molar-refractivity contribution in [3.63, 3.8) is 0 Å². The molecule has 30 heavy (non-hydrogen) atoms. The maximum atomic E-state index is 13.3. The quantitative estimate of drug-likeness (QED) is 0.566. The molecule has 7 heteroatoms. The van der Waals surface area contributed by atoms with Crippen molar-refractivity contribution in [2.45, 2.75) is 31.8 Å². The minimum absolute atomic E-state index is 0.179. The highest BCUT2D eigenvalue weighted by atomic mass is 32.1. The highest BCUT2D eigenvalue weighted by Crippen LogP contribution is 2.38. The minimum atomic E-state index is -0.414. The van der Waals surface area contributed by atoms with Gasteiger partial charge < -0.3 is 20.3 Å². The summed E-state index contributed by atoms with van der Waals surface area (Å²) in [5.74, 6) is -0.580. The van der Waals surface area contributed by atoms with Gasteiger partial charge in [-0.05, 0) is 61.8 Å². The molecule has 1 heterocycles. The van der Waals surface area contributed by atoms with Crippen molar-refractivity contribution >= 4 is 34.9 Å². The van der Waals surface area contributed by atoms with Crippen LogP contribution in [0.3, 0.4) is 0 Å². The number of carbonyl (C=O) groups excluding carboxylic acids is 2. The molecule has 0 bridgehead atoms. The molecule has 1 unspecified atom stereocenters. The number of carbonyl (C=O) groups is 2. The molecule has 1 fully saturated rings. The first-order valence-electron chi connectivity index (χ1n) is 9.84. The second-order valence-corrected chi connectivity index (χ2v) is 7.80. The molecule has 154 valence electrons. The number of amides is 1. The smallest absolute Gasteiger partial charge is 0.337 e. The van der Waals surface area contributed by atoms with Crippen LogP contribution in [-0.2, 0) is 9.53 Å². The fraction of sp³-hybridized carbons (Fsp3) is 0.261. The van der Waals surface area contributed by atoms with Gasteiger partial charge in [-0.25, -0.2) is 4.79 Å². The highest BCUT2D eigenvalue weighted by Gasteiger charge is 2.40. The third-order valence-corrected chi connectivity index (χ3v) is 5.69. The number of para-hydroxylation sites is 1. The summed E-state index contributed by atoms with van der Waals surface area (Å²) in [7, 11) is 1.35. The highest BCUT2D eigenvalue weighted by molar-refractivity contribution is 7.80. The first kappa shape index (κ1) is 20.1. The summed E-state index contributed by atoms with van der Waals surface area (Å²) in [4.78, 5) is 27.1. The fourth-order valence-corrected chi connectivity index (χ4v) is 4.13. The topological polar surface area (TPSA) is 70.7 Å². The monoisotopic (exact) mass is 421 g/mol. The number of methoxy groups -OCH3 is 1. The third-order valence-electron chi connectivity index (χ3n) is 5.38. The molecule has 1 aliphatic heterocycles. The van der Waals surface area contributed by atoms with E-state index in [0.29, 0.717) is 22.3 Å². The second-order valence-electron chi connectivity index (χ2n) is 7.42. The molecule has 2 aromatic rings. The van der Waals surface area contributed by atoms with Gasteiger partial charge in [0, 0.05) is 17.4 Å². The Morgan fingerprint density at radius 1 is 1.10 bits per heavy atom. The van der Waals surface area contributed by atoms with Crippen molar-refractivity contribution < 1.29 is 14.3 Å².